The van der Waals surface area contributed by atoms with Crippen molar-refractivity contribution in [3.05, 3.63) is 144 Å². The van der Waals surface area contributed by atoms with E-state index in [0.29, 0.717) is 11.1 Å². The summed E-state index contributed by atoms with van der Waals surface area (Å²) >= 11 is 0. The summed E-state index contributed by atoms with van der Waals surface area (Å²) < 4.78 is 0. The molecule has 4 aromatic rings. The lowest BCUT2D eigenvalue weighted by Gasteiger charge is -2.17. The Morgan fingerprint density at radius 3 is 1.55 bits per heavy atom. The third-order valence-electron chi connectivity index (χ3n) is 7.07. The van der Waals surface area contributed by atoms with Crippen molar-refractivity contribution >= 4 is 23.0 Å². The third kappa shape index (κ3) is 5.76. The van der Waals surface area contributed by atoms with E-state index >= 15 is 0 Å². The molecule has 2 unspecified atom stereocenters. The standard InChI is InChI=1S/2C17H15NO2/c1-12-15(16(19)13-8-4-2-5-9-13)17(20-18-12)14-10-6-3-7-11-14;1-12-15(13-8-4-2-5-9-13)17(20-18-12)16(19)14-10-6-3-7-11-14/h2*2-11,15,17H,1H3/t15-,17?;15?,17-/m11/s1. The lowest BCUT2D eigenvalue weighted by molar-refractivity contribution is 0.0516. The van der Waals surface area contributed by atoms with Crippen LogP contribution in [0, 0.1) is 5.92 Å². The molecule has 0 spiro atoms. The highest BCUT2D eigenvalue weighted by atomic mass is 16.6. The Bertz CT molecular complexity index is 1500. The van der Waals surface area contributed by atoms with E-state index in [-0.39, 0.29) is 29.5 Å². The molecule has 0 bridgehead atoms. The van der Waals surface area contributed by atoms with Crippen LogP contribution in [0.2, 0.25) is 0 Å². The summed E-state index contributed by atoms with van der Waals surface area (Å²) in [6, 6.07) is 38.2. The van der Waals surface area contributed by atoms with Crippen molar-refractivity contribution in [1.82, 2.24) is 0 Å². The fourth-order valence-electron chi connectivity index (χ4n) is 5.00. The van der Waals surface area contributed by atoms with E-state index < -0.39 is 6.10 Å². The molecule has 0 aliphatic carbocycles. The molecule has 40 heavy (non-hydrogen) atoms. The highest BCUT2D eigenvalue weighted by molar-refractivity contribution is 6.12. The molecule has 6 nitrogen and oxygen atoms in total. The van der Waals surface area contributed by atoms with Crippen molar-refractivity contribution in [3.63, 3.8) is 0 Å². The van der Waals surface area contributed by atoms with Crippen LogP contribution in [-0.2, 0) is 9.68 Å². The molecule has 2 heterocycles. The first kappa shape index (κ1) is 26.8. The molecule has 6 heteroatoms. The van der Waals surface area contributed by atoms with Gasteiger partial charge in [0.25, 0.3) is 0 Å². The predicted octanol–water partition coefficient (Wildman–Crippen LogP) is 7.06. The molecule has 4 atom stereocenters. The first-order chi connectivity index (χ1) is 19.5. The smallest absolute Gasteiger partial charge is 0.207 e. The molecule has 200 valence electrons. The molecule has 0 aromatic heterocycles. The first-order valence-corrected chi connectivity index (χ1v) is 13.2. The van der Waals surface area contributed by atoms with Crippen molar-refractivity contribution in [2.75, 3.05) is 0 Å². The number of carbonyl (C=O) groups excluding carboxylic acids is 2. The van der Waals surface area contributed by atoms with Crippen molar-refractivity contribution in [2.24, 2.45) is 16.2 Å². The minimum atomic E-state index is -0.570. The molecule has 0 radical (unpaired) electrons. The van der Waals surface area contributed by atoms with Crippen LogP contribution in [0.25, 0.3) is 0 Å². The maximum absolute atomic E-state index is 12.7. The zero-order valence-corrected chi connectivity index (χ0v) is 22.4. The summed E-state index contributed by atoms with van der Waals surface area (Å²) in [5.74, 6) is -0.429. The average Bonchev–Trinajstić information content (AvgIpc) is 3.60. The van der Waals surface area contributed by atoms with E-state index in [4.69, 9.17) is 9.68 Å². The number of rotatable bonds is 6. The minimum absolute atomic E-state index is 0.0277. The van der Waals surface area contributed by atoms with Gasteiger partial charge in [-0.25, -0.2) is 0 Å². The van der Waals surface area contributed by atoms with Gasteiger partial charge in [0.15, 0.2) is 11.9 Å². The van der Waals surface area contributed by atoms with Crippen LogP contribution in [0.3, 0.4) is 0 Å². The van der Waals surface area contributed by atoms with Gasteiger partial charge in [-0.2, -0.15) is 0 Å². The number of hydrogen-bond donors (Lipinski definition) is 0. The maximum Gasteiger partial charge on any atom is 0.207 e. The Morgan fingerprint density at radius 1 is 0.550 bits per heavy atom. The molecule has 2 aliphatic heterocycles. The van der Waals surface area contributed by atoms with Gasteiger partial charge < -0.3 is 9.68 Å². The van der Waals surface area contributed by atoms with Crippen LogP contribution in [0.5, 0.6) is 0 Å². The fraction of sp³-hybridized carbons (Fsp3) is 0.176. The summed E-state index contributed by atoms with van der Waals surface area (Å²) in [6.07, 6.45) is -0.899. The number of hydrogen-bond acceptors (Lipinski definition) is 6. The quantitative estimate of drug-likeness (QED) is 0.250. The molecular weight excluding hydrogens is 500 g/mol. The van der Waals surface area contributed by atoms with E-state index in [1.165, 1.54) is 0 Å². The molecular formula is C34H30N2O4. The molecule has 0 saturated heterocycles. The lowest BCUT2D eigenvalue weighted by Crippen LogP contribution is -2.29. The van der Waals surface area contributed by atoms with Crippen LogP contribution in [-0.4, -0.2) is 29.1 Å². The van der Waals surface area contributed by atoms with Gasteiger partial charge in [-0.1, -0.05) is 132 Å². The Balaban J connectivity index is 0.000000161. The van der Waals surface area contributed by atoms with Crippen LogP contribution >= 0.6 is 0 Å². The van der Waals surface area contributed by atoms with Gasteiger partial charge in [-0.3, -0.25) is 9.59 Å². The fourth-order valence-corrected chi connectivity index (χ4v) is 5.00. The Labute approximate surface area is 233 Å². The second kappa shape index (κ2) is 12.3. The van der Waals surface area contributed by atoms with E-state index in [0.717, 1.165) is 22.6 Å². The van der Waals surface area contributed by atoms with Crippen LogP contribution in [0.4, 0.5) is 0 Å². The number of ketones is 2. The lowest BCUT2D eigenvalue weighted by atomic mass is 9.86. The van der Waals surface area contributed by atoms with Gasteiger partial charge >= 0.3 is 0 Å². The van der Waals surface area contributed by atoms with Gasteiger partial charge in [-0.15, -0.1) is 0 Å². The largest absolute Gasteiger partial charge is 0.386 e. The molecule has 4 aromatic carbocycles. The van der Waals surface area contributed by atoms with Gasteiger partial charge in [-0.05, 0) is 25.0 Å². The number of benzene rings is 4. The number of nitrogens with zero attached hydrogens (tertiary/aromatic N) is 2. The zero-order chi connectivity index (χ0) is 27.9. The molecule has 0 saturated carbocycles. The molecule has 2 aliphatic rings. The normalized spacial score (nSPS) is 21.1. The van der Waals surface area contributed by atoms with Crippen molar-refractivity contribution in [3.8, 4) is 0 Å². The molecule has 0 N–H and O–H groups in total. The minimum Gasteiger partial charge on any atom is -0.386 e. The van der Waals surface area contributed by atoms with E-state index in [2.05, 4.69) is 10.3 Å². The van der Waals surface area contributed by atoms with Gasteiger partial charge in [0.1, 0.15) is 5.92 Å². The topological polar surface area (TPSA) is 77.3 Å². The second-order valence-electron chi connectivity index (χ2n) is 9.75. The Kier molecular flexibility index (Phi) is 8.26. The van der Waals surface area contributed by atoms with Crippen LogP contribution < -0.4 is 0 Å². The molecule has 6 rings (SSSR count). The van der Waals surface area contributed by atoms with Crippen molar-refractivity contribution < 1.29 is 19.3 Å². The van der Waals surface area contributed by atoms with E-state index in [9.17, 15) is 9.59 Å². The summed E-state index contributed by atoms with van der Waals surface area (Å²) in [6.45, 7) is 3.74. The summed E-state index contributed by atoms with van der Waals surface area (Å²) in [4.78, 5) is 36.1. The molecule has 0 fully saturated rings. The van der Waals surface area contributed by atoms with Crippen molar-refractivity contribution in [1.29, 1.82) is 0 Å². The summed E-state index contributed by atoms with van der Waals surface area (Å²) in [5.41, 5.74) is 4.95. The number of carbonyl (C=O) groups is 2. The highest BCUT2D eigenvalue weighted by Crippen LogP contribution is 2.35. The van der Waals surface area contributed by atoms with Crippen LogP contribution in [0.1, 0.15) is 57.7 Å². The average molecular weight is 531 g/mol. The summed E-state index contributed by atoms with van der Waals surface area (Å²) in [7, 11) is 0. The summed E-state index contributed by atoms with van der Waals surface area (Å²) in [5, 5.41) is 8.04. The first-order valence-electron chi connectivity index (χ1n) is 13.2. The molecule has 0 amide bonds. The Hall–Kier alpha value is -4.84. The van der Waals surface area contributed by atoms with Gasteiger partial charge in [0, 0.05) is 11.1 Å². The Morgan fingerprint density at radius 2 is 1.00 bits per heavy atom. The van der Waals surface area contributed by atoms with Gasteiger partial charge in [0.05, 0.1) is 17.3 Å². The van der Waals surface area contributed by atoms with E-state index in [1.54, 1.807) is 12.1 Å². The maximum atomic E-state index is 12.7. The van der Waals surface area contributed by atoms with E-state index in [1.807, 2.05) is 123 Å². The van der Waals surface area contributed by atoms with Crippen LogP contribution in [0.15, 0.2) is 132 Å². The van der Waals surface area contributed by atoms with Gasteiger partial charge in [0.2, 0.25) is 11.9 Å². The zero-order valence-electron chi connectivity index (χ0n) is 22.4. The monoisotopic (exact) mass is 530 g/mol. The SMILES string of the molecule is CC1=NOC(c2ccccc2)[C@H]1C(=O)c1ccccc1.CC1=NO[C@@H](C(=O)c2ccccc2)C1c1ccccc1. The van der Waals surface area contributed by atoms with Crippen molar-refractivity contribution in [2.45, 2.75) is 32.0 Å². The predicted molar refractivity (Wildman–Crippen MR) is 156 cm³/mol. The number of Topliss-reactive ketones (excluding diaryl/α,β-unsaturated/α-hetero) is 2. The second-order valence-corrected chi connectivity index (χ2v) is 9.75. The third-order valence-corrected chi connectivity index (χ3v) is 7.07. The number of oxime groups is 2. The highest BCUT2D eigenvalue weighted by Gasteiger charge is 2.39.